The van der Waals surface area contributed by atoms with Crippen LogP contribution in [0.15, 0.2) is 10.8 Å². The van der Waals surface area contributed by atoms with E-state index in [1.165, 1.54) is 0 Å². The summed E-state index contributed by atoms with van der Waals surface area (Å²) in [5.74, 6) is -1.09. The van der Waals surface area contributed by atoms with E-state index in [0.717, 1.165) is 23.5 Å². The maximum absolute atomic E-state index is 10.4. The molecule has 0 aromatic carbocycles. The number of hydrogen-bond donors (Lipinski definition) is 1. The molecule has 0 unspecified atom stereocenters. The molecule has 0 saturated carbocycles. The number of hydrogen-bond acceptors (Lipinski definition) is 4. The first-order valence-electron chi connectivity index (χ1n) is 2.42. The monoisotopic (exact) mass is 176 g/mol. The van der Waals surface area contributed by atoms with Crippen molar-refractivity contribution in [2.75, 3.05) is 0 Å². The molecule has 0 aromatic rings. The summed E-state index contributed by atoms with van der Waals surface area (Å²) in [4.78, 5) is 20.7. The molecular formula is C5H4O3S2. The Hall–Kier alpha value is -0.420. The van der Waals surface area contributed by atoms with Crippen LogP contribution < -0.4 is 0 Å². The van der Waals surface area contributed by atoms with E-state index in [9.17, 15) is 9.59 Å². The first-order chi connectivity index (χ1) is 4.71. The summed E-state index contributed by atoms with van der Waals surface area (Å²) >= 11 is 2.03. The van der Waals surface area contributed by atoms with Crippen LogP contribution in [0.2, 0.25) is 0 Å². The predicted molar refractivity (Wildman–Crippen MR) is 40.8 cm³/mol. The molecule has 1 aliphatic rings. The van der Waals surface area contributed by atoms with Crippen molar-refractivity contribution in [1.82, 2.24) is 0 Å². The molecule has 1 heterocycles. The lowest BCUT2D eigenvalue weighted by Crippen LogP contribution is -2.30. The number of carbonyl (C=O) groups excluding carboxylic acids is 1. The highest BCUT2D eigenvalue weighted by atomic mass is 32.2. The first kappa shape index (κ1) is 7.68. The molecule has 0 aromatic heterocycles. The predicted octanol–water partition coefficient (Wildman–Crippen LogP) is 0.917. The molecule has 0 atom stereocenters. The number of thioether (sulfide) groups is 2. The van der Waals surface area contributed by atoms with E-state index in [-0.39, 0.29) is 0 Å². The molecule has 5 heteroatoms. The van der Waals surface area contributed by atoms with Crippen molar-refractivity contribution >= 4 is 35.8 Å². The van der Waals surface area contributed by atoms with E-state index >= 15 is 0 Å². The largest absolute Gasteiger partial charge is 0.479 e. The second kappa shape index (κ2) is 2.67. The summed E-state index contributed by atoms with van der Waals surface area (Å²) in [6.45, 7) is 0. The second-order valence-corrected chi connectivity index (χ2v) is 4.16. The number of carboxylic acid groups (broad SMARTS) is 1. The zero-order valence-corrected chi connectivity index (χ0v) is 6.45. The third kappa shape index (κ3) is 1.06. The van der Waals surface area contributed by atoms with Crippen LogP contribution in [0.3, 0.4) is 0 Å². The molecule has 1 N–H and O–H groups in total. The fourth-order valence-electron chi connectivity index (χ4n) is 0.492. The van der Waals surface area contributed by atoms with Crippen molar-refractivity contribution < 1.29 is 14.7 Å². The fraction of sp³-hybridized carbons (Fsp3) is 0.200. The molecule has 0 amide bonds. The quantitative estimate of drug-likeness (QED) is 0.500. The number of aldehydes is 1. The number of aliphatic carboxylic acids is 1. The van der Waals surface area contributed by atoms with Crippen LogP contribution in [-0.4, -0.2) is 21.4 Å². The topological polar surface area (TPSA) is 54.4 Å². The van der Waals surface area contributed by atoms with Crippen LogP contribution in [0.1, 0.15) is 0 Å². The van der Waals surface area contributed by atoms with Gasteiger partial charge in [-0.05, 0) is 10.8 Å². The maximum atomic E-state index is 10.4. The molecule has 10 heavy (non-hydrogen) atoms. The first-order valence-corrected chi connectivity index (χ1v) is 4.17. The van der Waals surface area contributed by atoms with Crippen LogP contribution in [0.25, 0.3) is 0 Å². The molecule has 0 saturated heterocycles. The van der Waals surface area contributed by atoms with E-state index in [2.05, 4.69) is 0 Å². The zero-order valence-electron chi connectivity index (χ0n) is 4.81. The molecule has 0 aliphatic carbocycles. The fourth-order valence-corrected chi connectivity index (χ4v) is 2.21. The average molecular weight is 176 g/mol. The van der Waals surface area contributed by atoms with E-state index < -0.39 is 10.0 Å². The Morgan fingerprint density at radius 1 is 1.50 bits per heavy atom. The standard InChI is InChI=1S/C5H4O3S2/c6-3-5(4(7)8)9-1-2-10-5/h1-3H,(H,7,8). The molecule has 1 rings (SSSR count). The number of carbonyl (C=O) groups is 2. The summed E-state index contributed by atoms with van der Waals surface area (Å²) in [5, 5.41) is 11.8. The van der Waals surface area contributed by atoms with Gasteiger partial charge in [-0.25, -0.2) is 4.79 Å². The third-order valence-corrected chi connectivity index (χ3v) is 3.53. The molecule has 0 spiro atoms. The molecular weight excluding hydrogens is 172 g/mol. The summed E-state index contributed by atoms with van der Waals surface area (Å²) in [6.07, 6.45) is 0.449. The van der Waals surface area contributed by atoms with Gasteiger partial charge in [0.1, 0.15) is 0 Å². The highest BCUT2D eigenvalue weighted by Crippen LogP contribution is 2.43. The number of rotatable bonds is 2. The lowest BCUT2D eigenvalue weighted by Gasteiger charge is -2.11. The van der Waals surface area contributed by atoms with Crippen LogP contribution in [0.5, 0.6) is 0 Å². The Morgan fingerprint density at radius 2 is 2.00 bits per heavy atom. The van der Waals surface area contributed by atoms with Gasteiger partial charge in [0, 0.05) is 0 Å². The molecule has 1 aliphatic heterocycles. The summed E-state index contributed by atoms with van der Waals surface area (Å²) in [5.41, 5.74) is 0. The Kier molecular flexibility index (Phi) is 2.05. The van der Waals surface area contributed by atoms with Crippen LogP contribution >= 0.6 is 23.5 Å². The molecule has 3 nitrogen and oxygen atoms in total. The Morgan fingerprint density at radius 3 is 2.20 bits per heavy atom. The molecule has 0 radical (unpaired) electrons. The zero-order chi connectivity index (χ0) is 7.61. The van der Waals surface area contributed by atoms with E-state index in [4.69, 9.17) is 5.11 Å². The lowest BCUT2D eigenvalue weighted by atomic mass is 10.5. The minimum absolute atomic E-state index is 0.449. The van der Waals surface area contributed by atoms with Crippen molar-refractivity contribution in [2.45, 2.75) is 4.08 Å². The summed E-state index contributed by atoms with van der Waals surface area (Å²) in [6, 6.07) is 0. The second-order valence-electron chi connectivity index (χ2n) is 1.60. The summed E-state index contributed by atoms with van der Waals surface area (Å²) in [7, 11) is 0. The van der Waals surface area contributed by atoms with Gasteiger partial charge < -0.3 is 9.90 Å². The highest BCUT2D eigenvalue weighted by Gasteiger charge is 2.41. The summed E-state index contributed by atoms with van der Waals surface area (Å²) < 4.78 is -1.31. The van der Waals surface area contributed by atoms with Gasteiger partial charge >= 0.3 is 5.97 Å². The SMILES string of the molecule is O=CC1(C(=O)O)SC=CS1. The van der Waals surface area contributed by atoms with Gasteiger partial charge in [0.2, 0.25) is 4.08 Å². The van der Waals surface area contributed by atoms with Gasteiger partial charge in [-0.3, -0.25) is 0 Å². The van der Waals surface area contributed by atoms with E-state index in [0.29, 0.717) is 6.29 Å². The van der Waals surface area contributed by atoms with Gasteiger partial charge in [-0.1, -0.05) is 23.5 Å². The Labute approximate surface area is 65.9 Å². The average Bonchev–Trinajstić information content (AvgIpc) is 2.35. The molecule has 0 fully saturated rings. The Balaban J connectivity index is 2.80. The van der Waals surface area contributed by atoms with Gasteiger partial charge in [-0.2, -0.15) is 0 Å². The minimum atomic E-state index is -1.31. The van der Waals surface area contributed by atoms with E-state index in [1.807, 2.05) is 0 Å². The molecule has 54 valence electrons. The maximum Gasteiger partial charge on any atom is 0.338 e. The molecule has 0 bridgehead atoms. The van der Waals surface area contributed by atoms with Crippen molar-refractivity contribution in [3.63, 3.8) is 0 Å². The van der Waals surface area contributed by atoms with Gasteiger partial charge in [0.15, 0.2) is 6.29 Å². The van der Waals surface area contributed by atoms with Crippen LogP contribution in [0, 0.1) is 0 Å². The van der Waals surface area contributed by atoms with Crippen molar-refractivity contribution in [1.29, 1.82) is 0 Å². The minimum Gasteiger partial charge on any atom is -0.479 e. The van der Waals surface area contributed by atoms with Gasteiger partial charge in [0.25, 0.3) is 0 Å². The highest BCUT2D eigenvalue weighted by molar-refractivity contribution is 8.25. The van der Waals surface area contributed by atoms with Crippen molar-refractivity contribution in [3.05, 3.63) is 10.8 Å². The van der Waals surface area contributed by atoms with Gasteiger partial charge in [-0.15, -0.1) is 0 Å². The normalized spacial score (nSPS) is 20.8. The van der Waals surface area contributed by atoms with Crippen molar-refractivity contribution in [3.8, 4) is 0 Å². The Bertz CT molecular complexity index is 191. The lowest BCUT2D eigenvalue weighted by molar-refractivity contribution is -0.138. The van der Waals surface area contributed by atoms with Crippen LogP contribution in [-0.2, 0) is 9.59 Å². The van der Waals surface area contributed by atoms with Crippen molar-refractivity contribution in [2.24, 2.45) is 0 Å². The smallest absolute Gasteiger partial charge is 0.338 e. The van der Waals surface area contributed by atoms with E-state index in [1.54, 1.807) is 10.8 Å². The number of carboxylic acids is 1. The van der Waals surface area contributed by atoms with Crippen LogP contribution in [0.4, 0.5) is 0 Å². The third-order valence-electron chi connectivity index (χ3n) is 0.995. The van der Waals surface area contributed by atoms with Gasteiger partial charge in [0.05, 0.1) is 0 Å².